The summed E-state index contributed by atoms with van der Waals surface area (Å²) < 4.78 is 5.49. The van der Waals surface area contributed by atoms with Crippen LogP contribution in [0.1, 0.15) is 20.8 Å². The molecule has 1 N–H and O–H groups in total. The van der Waals surface area contributed by atoms with Gasteiger partial charge in [-0.2, -0.15) is 5.26 Å². The summed E-state index contributed by atoms with van der Waals surface area (Å²) in [7, 11) is 0. The van der Waals surface area contributed by atoms with Crippen molar-refractivity contribution in [3.05, 3.63) is 24.5 Å². The summed E-state index contributed by atoms with van der Waals surface area (Å²) in [6.07, 6.45) is 3.27. The van der Waals surface area contributed by atoms with E-state index in [1.165, 1.54) is 0 Å². The molecule has 0 aliphatic carbocycles. The number of carbonyl (C=O) groups excluding carboxylic acids is 1. The summed E-state index contributed by atoms with van der Waals surface area (Å²) in [5.74, 6) is 0.223. The average molecular weight is 331 g/mol. The molecule has 2 aromatic rings. The normalized spacial score (nSPS) is 13.3. The number of thioether (sulfide) groups is 1. The number of nitrogens with one attached hydrogen (secondary N) is 1. The summed E-state index contributed by atoms with van der Waals surface area (Å²) in [5.41, 5.74) is -0.130. The van der Waals surface area contributed by atoms with E-state index < -0.39 is 5.54 Å². The maximum Gasteiger partial charge on any atom is 0.277 e. The molecule has 23 heavy (non-hydrogen) atoms. The van der Waals surface area contributed by atoms with Gasteiger partial charge >= 0.3 is 0 Å². The fourth-order valence-electron chi connectivity index (χ4n) is 1.63. The standard InChI is InChI=1S/C15H17N5O2S/c1-10(2)15(3,9-16)18-12(21)8-23-14-20-19-13(22-14)11-4-6-17-7-5-11/h4-7,10H,8H2,1-3H3,(H,18,21). The van der Waals surface area contributed by atoms with Crippen LogP contribution < -0.4 is 5.32 Å². The lowest BCUT2D eigenvalue weighted by Crippen LogP contribution is -2.49. The molecule has 7 nitrogen and oxygen atoms in total. The third-order valence-electron chi connectivity index (χ3n) is 3.45. The molecule has 1 amide bonds. The molecule has 0 saturated heterocycles. The first-order valence-electron chi connectivity index (χ1n) is 7.03. The van der Waals surface area contributed by atoms with E-state index in [0.29, 0.717) is 11.1 Å². The summed E-state index contributed by atoms with van der Waals surface area (Å²) in [6.45, 7) is 5.47. The average Bonchev–Trinajstić information content (AvgIpc) is 3.02. The van der Waals surface area contributed by atoms with Gasteiger partial charge in [-0.15, -0.1) is 10.2 Å². The number of hydrogen-bond donors (Lipinski definition) is 1. The van der Waals surface area contributed by atoms with Gasteiger partial charge in [-0.3, -0.25) is 9.78 Å². The zero-order chi connectivity index (χ0) is 16.9. The number of nitrogens with zero attached hydrogens (tertiary/aromatic N) is 4. The van der Waals surface area contributed by atoms with Crippen molar-refractivity contribution in [1.82, 2.24) is 20.5 Å². The number of rotatable bonds is 6. The SMILES string of the molecule is CC(C)C(C)(C#N)NC(=O)CSc1nnc(-c2ccncc2)o1. The van der Waals surface area contributed by atoms with Gasteiger partial charge in [-0.1, -0.05) is 25.6 Å². The highest BCUT2D eigenvalue weighted by atomic mass is 32.2. The predicted molar refractivity (Wildman–Crippen MR) is 85.3 cm³/mol. The van der Waals surface area contributed by atoms with Crippen LogP contribution in [0.3, 0.4) is 0 Å². The van der Waals surface area contributed by atoms with E-state index in [9.17, 15) is 10.1 Å². The Morgan fingerprint density at radius 1 is 1.43 bits per heavy atom. The van der Waals surface area contributed by atoms with Crippen molar-refractivity contribution >= 4 is 17.7 Å². The molecule has 1 unspecified atom stereocenters. The van der Waals surface area contributed by atoms with Crippen molar-refractivity contribution in [2.24, 2.45) is 5.92 Å². The van der Waals surface area contributed by atoms with Crippen LogP contribution in [-0.2, 0) is 4.79 Å². The van der Waals surface area contributed by atoms with E-state index >= 15 is 0 Å². The summed E-state index contributed by atoms with van der Waals surface area (Å²) in [5, 5.41) is 20.1. The summed E-state index contributed by atoms with van der Waals surface area (Å²) in [4.78, 5) is 15.9. The monoisotopic (exact) mass is 331 g/mol. The van der Waals surface area contributed by atoms with Gasteiger partial charge in [0.15, 0.2) is 0 Å². The molecule has 120 valence electrons. The number of carbonyl (C=O) groups is 1. The van der Waals surface area contributed by atoms with Gasteiger partial charge in [-0.05, 0) is 25.0 Å². The van der Waals surface area contributed by atoms with Crippen LogP contribution in [0.25, 0.3) is 11.5 Å². The maximum absolute atomic E-state index is 12.0. The Bertz CT molecular complexity index is 710. The van der Waals surface area contributed by atoms with Gasteiger partial charge < -0.3 is 9.73 Å². The number of aromatic nitrogens is 3. The molecular formula is C15H17N5O2S. The summed E-state index contributed by atoms with van der Waals surface area (Å²) >= 11 is 1.13. The third-order valence-corrected chi connectivity index (χ3v) is 4.26. The second-order valence-corrected chi connectivity index (χ2v) is 6.34. The van der Waals surface area contributed by atoms with Gasteiger partial charge in [0.05, 0.1) is 11.8 Å². The third kappa shape index (κ3) is 4.29. The minimum atomic E-state index is -0.894. The van der Waals surface area contributed by atoms with Crippen LogP contribution in [-0.4, -0.2) is 32.4 Å². The highest BCUT2D eigenvalue weighted by Crippen LogP contribution is 2.23. The topological polar surface area (TPSA) is 105 Å². The molecule has 0 radical (unpaired) electrons. The molecule has 0 fully saturated rings. The highest BCUT2D eigenvalue weighted by molar-refractivity contribution is 7.99. The van der Waals surface area contributed by atoms with E-state index in [2.05, 4.69) is 26.6 Å². The molecular weight excluding hydrogens is 314 g/mol. The number of amides is 1. The maximum atomic E-state index is 12.0. The molecule has 0 aliphatic rings. The lowest BCUT2D eigenvalue weighted by Gasteiger charge is -2.27. The Balaban J connectivity index is 1.93. The van der Waals surface area contributed by atoms with Crippen LogP contribution in [0, 0.1) is 17.2 Å². The van der Waals surface area contributed by atoms with Gasteiger partial charge in [0.2, 0.25) is 11.8 Å². The zero-order valence-corrected chi connectivity index (χ0v) is 13.9. The lowest BCUT2D eigenvalue weighted by atomic mass is 9.90. The Morgan fingerprint density at radius 3 is 2.74 bits per heavy atom. The van der Waals surface area contributed by atoms with Gasteiger partial charge in [0, 0.05) is 18.0 Å². The van der Waals surface area contributed by atoms with Crippen molar-refractivity contribution in [1.29, 1.82) is 5.26 Å². The molecule has 0 bridgehead atoms. The lowest BCUT2D eigenvalue weighted by molar-refractivity contribution is -0.120. The first-order chi connectivity index (χ1) is 10.9. The van der Waals surface area contributed by atoms with E-state index in [1.807, 2.05) is 13.8 Å². The van der Waals surface area contributed by atoms with Crippen molar-refractivity contribution in [3.8, 4) is 17.5 Å². The second kappa shape index (κ2) is 7.24. The Morgan fingerprint density at radius 2 is 2.13 bits per heavy atom. The number of pyridine rings is 1. The van der Waals surface area contributed by atoms with Crippen LogP contribution in [0.5, 0.6) is 0 Å². The Hall–Kier alpha value is -2.40. The van der Waals surface area contributed by atoms with Gasteiger partial charge in [-0.25, -0.2) is 0 Å². The first-order valence-corrected chi connectivity index (χ1v) is 8.02. The number of nitriles is 1. The van der Waals surface area contributed by atoms with Crippen molar-refractivity contribution in [2.45, 2.75) is 31.5 Å². The van der Waals surface area contributed by atoms with E-state index in [4.69, 9.17) is 4.42 Å². The van der Waals surface area contributed by atoms with Crippen LogP contribution in [0.2, 0.25) is 0 Å². The van der Waals surface area contributed by atoms with Crippen molar-refractivity contribution < 1.29 is 9.21 Å². The van der Waals surface area contributed by atoms with Crippen LogP contribution >= 0.6 is 11.8 Å². The van der Waals surface area contributed by atoms with E-state index in [1.54, 1.807) is 31.5 Å². The van der Waals surface area contributed by atoms with Crippen molar-refractivity contribution in [3.63, 3.8) is 0 Å². The van der Waals surface area contributed by atoms with E-state index in [-0.39, 0.29) is 17.6 Å². The molecule has 2 rings (SSSR count). The van der Waals surface area contributed by atoms with Gasteiger partial charge in [0.25, 0.3) is 5.22 Å². The number of hydrogen-bond acceptors (Lipinski definition) is 7. The second-order valence-electron chi connectivity index (χ2n) is 5.41. The van der Waals surface area contributed by atoms with Crippen LogP contribution in [0.15, 0.2) is 34.2 Å². The zero-order valence-electron chi connectivity index (χ0n) is 13.1. The Kier molecular flexibility index (Phi) is 5.34. The highest BCUT2D eigenvalue weighted by Gasteiger charge is 2.30. The molecule has 2 aromatic heterocycles. The fraction of sp³-hybridized carbons (Fsp3) is 0.400. The molecule has 1 atom stereocenters. The van der Waals surface area contributed by atoms with Crippen LogP contribution in [0.4, 0.5) is 0 Å². The molecule has 2 heterocycles. The first kappa shape index (κ1) is 17.0. The molecule has 0 aromatic carbocycles. The minimum absolute atomic E-state index is 0.00291. The smallest absolute Gasteiger partial charge is 0.277 e. The largest absolute Gasteiger partial charge is 0.411 e. The van der Waals surface area contributed by atoms with Gasteiger partial charge in [0.1, 0.15) is 5.54 Å². The molecule has 0 aliphatic heterocycles. The quantitative estimate of drug-likeness (QED) is 0.809. The van der Waals surface area contributed by atoms with Crippen molar-refractivity contribution in [2.75, 3.05) is 5.75 Å². The fourth-order valence-corrected chi connectivity index (χ4v) is 2.20. The Labute approximate surface area is 138 Å². The predicted octanol–water partition coefficient (Wildman–Crippen LogP) is 2.28. The minimum Gasteiger partial charge on any atom is -0.411 e. The van der Waals surface area contributed by atoms with E-state index in [0.717, 1.165) is 17.3 Å². The molecule has 0 spiro atoms. The summed E-state index contributed by atoms with van der Waals surface area (Å²) in [6, 6.07) is 5.65. The molecule has 8 heteroatoms. The molecule has 0 saturated carbocycles.